The number of nitrogens with zero attached hydrogens (tertiary/aromatic N) is 3. The van der Waals surface area contributed by atoms with Crippen molar-refractivity contribution in [2.45, 2.75) is 6.54 Å². The number of nitrogen functional groups attached to an aromatic ring is 1. The van der Waals surface area contributed by atoms with E-state index in [1.165, 1.54) is 35.3 Å². The van der Waals surface area contributed by atoms with Crippen LogP contribution in [-0.4, -0.2) is 20.4 Å². The van der Waals surface area contributed by atoms with Crippen LogP contribution < -0.4 is 16.6 Å². The van der Waals surface area contributed by atoms with E-state index in [9.17, 15) is 9.59 Å². The zero-order chi connectivity index (χ0) is 13.8. The molecule has 1 amide bonds. The standard InChI is InChI=1S/C11H10ClN5O2/c12-8-3-9(15-6-14-8)16-10(18)5-17-4-7(13)1-2-11(17)19/h1-4,6H,5,13H2,(H,14,15,16,18). The fourth-order valence-electron chi connectivity index (χ4n) is 1.41. The van der Waals surface area contributed by atoms with Gasteiger partial charge < -0.3 is 15.6 Å². The summed E-state index contributed by atoms with van der Waals surface area (Å²) in [5.74, 6) is -0.149. The first-order chi connectivity index (χ1) is 9.04. The number of halogens is 1. The summed E-state index contributed by atoms with van der Waals surface area (Å²) in [7, 11) is 0. The molecule has 2 heterocycles. The average molecular weight is 280 g/mol. The normalized spacial score (nSPS) is 10.2. The quantitative estimate of drug-likeness (QED) is 0.797. The van der Waals surface area contributed by atoms with Crippen LogP contribution in [0.2, 0.25) is 5.15 Å². The Morgan fingerprint density at radius 2 is 2.21 bits per heavy atom. The Kier molecular flexibility index (Phi) is 3.76. The fraction of sp³-hybridized carbons (Fsp3) is 0.0909. The maximum Gasteiger partial charge on any atom is 0.251 e. The van der Waals surface area contributed by atoms with Crippen molar-refractivity contribution in [1.29, 1.82) is 0 Å². The summed E-state index contributed by atoms with van der Waals surface area (Å²) in [6, 6.07) is 4.17. The van der Waals surface area contributed by atoms with Gasteiger partial charge in [0.2, 0.25) is 5.91 Å². The van der Waals surface area contributed by atoms with Gasteiger partial charge in [0, 0.05) is 24.0 Å². The van der Waals surface area contributed by atoms with Gasteiger partial charge in [-0.15, -0.1) is 0 Å². The largest absolute Gasteiger partial charge is 0.398 e. The van der Waals surface area contributed by atoms with Gasteiger partial charge in [0.15, 0.2) is 0 Å². The zero-order valence-corrected chi connectivity index (χ0v) is 10.5. The molecule has 0 radical (unpaired) electrons. The number of anilines is 2. The number of pyridine rings is 1. The molecule has 0 aliphatic heterocycles. The molecule has 0 atom stereocenters. The highest BCUT2D eigenvalue weighted by atomic mass is 35.5. The lowest BCUT2D eigenvalue weighted by Gasteiger charge is -2.07. The fourth-order valence-corrected chi connectivity index (χ4v) is 1.56. The molecule has 7 nitrogen and oxygen atoms in total. The first-order valence-electron chi connectivity index (χ1n) is 5.28. The number of nitrogens with one attached hydrogen (secondary N) is 1. The number of carbonyl (C=O) groups excluding carboxylic acids is 1. The molecule has 0 aliphatic carbocycles. The highest BCUT2D eigenvalue weighted by Gasteiger charge is 2.06. The van der Waals surface area contributed by atoms with Gasteiger partial charge in [-0.1, -0.05) is 11.6 Å². The van der Waals surface area contributed by atoms with Gasteiger partial charge in [-0.25, -0.2) is 9.97 Å². The second kappa shape index (κ2) is 5.49. The lowest BCUT2D eigenvalue weighted by atomic mass is 10.4. The highest BCUT2D eigenvalue weighted by Crippen LogP contribution is 2.08. The van der Waals surface area contributed by atoms with E-state index in [1.54, 1.807) is 0 Å². The van der Waals surface area contributed by atoms with Crippen molar-refractivity contribution >= 4 is 29.0 Å². The molecule has 0 fully saturated rings. The second-order valence-electron chi connectivity index (χ2n) is 3.70. The van der Waals surface area contributed by atoms with E-state index in [1.807, 2.05) is 0 Å². The zero-order valence-electron chi connectivity index (χ0n) is 9.71. The minimum Gasteiger partial charge on any atom is -0.398 e. The van der Waals surface area contributed by atoms with Crippen LogP contribution >= 0.6 is 11.6 Å². The Hall–Kier alpha value is -2.41. The number of carbonyl (C=O) groups is 1. The van der Waals surface area contributed by atoms with E-state index in [4.69, 9.17) is 17.3 Å². The molecule has 0 unspecified atom stereocenters. The Balaban J connectivity index is 2.09. The summed E-state index contributed by atoms with van der Waals surface area (Å²) >= 11 is 5.66. The minimum atomic E-state index is -0.414. The molecule has 0 saturated carbocycles. The first-order valence-corrected chi connectivity index (χ1v) is 5.66. The average Bonchev–Trinajstić information content (AvgIpc) is 2.34. The van der Waals surface area contributed by atoms with E-state index in [-0.39, 0.29) is 23.1 Å². The summed E-state index contributed by atoms with van der Waals surface area (Å²) < 4.78 is 1.20. The maximum atomic E-state index is 11.7. The Morgan fingerprint density at radius 1 is 1.42 bits per heavy atom. The maximum absolute atomic E-state index is 11.7. The van der Waals surface area contributed by atoms with Crippen molar-refractivity contribution < 1.29 is 4.79 Å². The molecule has 0 spiro atoms. The van der Waals surface area contributed by atoms with Crippen LogP contribution in [0.5, 0.6) is 0 Å². The molecule has 0 aromatic carbocycles. The molecule has 3 N–H and O–H groups in total. The topological polar surface area (TPSA) is 103 Å². The summed E-state index contributed by atoms with van der Waals surface area (Å²) in [5, 5.41) is 2.72. The van der Waals surface area contributed by atoms with Crippen LogP contribution in [0.1, 0.15) is 0 Å². The van der Waals surface area contributed by atoms with Crippen LogP contribution in [0.3, 0.4) is 0 Å². The Labute approximate surface area is 113 Å². The Morgan fingerprint density at radius 3 is 2.95 bits per heavy atom. The SMILES string of the molecule is Nc1ccc(=O)n(CC(=O)Nc2cc(Cl)ncn2)c1. The van der Waals surface area contributed by atoms with Gasteiger partial charge in [-0.3, -0.25) is 9.59 Å². The smallest absolute Gasteiger partial charge is 0.251 e. The third-order valence-electron chi connectivity index (χ3n) is 2.22. The summed E-state index contributed by atoms with van der Waals surface area (Å²) in [6.45, 7) is -0.161. The second-order valence-corrected chi connectivity index (χ2v) is 4.09. The van der Waals surface area contributed by atoms with Crippen LogP contribution in [0, 0.1) is 0 Å². The van der Waals surface area contributed by atoms with E-state index in [0.717, 1.165) is 0 Å². The van der Waals surface area contributed by atoms with E-state index in [0.29, 0.717) is 5.69 Å². The molecule has 2 aromatic heterocycles. The third-order valence-corrected chi connectivity index (χ3v) is 2.43. The van der Waals surface area contributed by atoms with Gasteiger partial charge >= 0.3 is 0 Å². The first kappa shape index (κ1) is 13.0. The molecular weight excluding hydrogens is 270 g/mol. The van der Waals surface area contributed by atoms with Gasteiger partial charge in [-0.2, -0.15) is 0 Å². The summed E-state index contributed by atoms with van der Waals surface area (Å²) in [5.41, 5.74) is 5.63. The summed E-state index contributed by atoms with van der Waals surface area (Å²) in [6.07, 6.45) is 2.62. The van der Waals surface area contributed by atoms with Crippen molar-refractivity contribution in [1.82, 2.24) is 14.5 Å². The molecule has 19 heavy (non-hydrogen) atoms. The minimum absolute atomic E-state index is 0.161. The van der Waals surface area contributed by atoms with Crippen molar-refractivity contribution in [3.05, 3.63) is 46.2 Å². The number of rotatable bonds is 3. The predicted molar refractivity (Wildman–Crippen MR) is 70.8 cm³/mol. The molecule has 0 aliphatic rings. The van der Waals surface area contributed by atoms with Gasteiger partial charge in [0.25, 0.3) is 5.56 Å². The monoisotopic (exact) mass is 279 g/mol. The van der Waals surface area contributed by atoms with Gasteiger partial charge in [0.05, 0.1) is 0 Å². The number of nitrogens with two attached hydrogens (primary N) is 1. The number of hydrogen-bond acceptors (Lipinski definition) is 5. The van der Waals surface area contributed by atoms with Crippen LogP contribution in [0.15, 0.2) is 35.5 Å². The van der Waals surface area contributed by atoms with E-state index < -0.39 is 5.91 Å². The third kappa shape index (κ3) is 3.52. The van der Waals surface area contributed by atoms with Crippen molar-refractivity contribution in [2.24, 2.45) is 0 Å². The lowest BCUT2D eigenvalue weighted by Crippen LogP contribution is -2.27. The van der Waals surface area contributed by atoms with Gasteiger partial charge in [0.1, 0.15) is 23.8 Å². The molecule has 2 aromatic rings. The number of hydrogen-bond donors (Lipinski definition) is 2. The van der Waals surface area contributed by atoms with E-state index in [2.05, 4.69) is 15.3 Å². The van der Waals surface area contributed by atoms with Crippen LogP contribution in [-0.2, 0) is 11.3 Å². The number of aromatic nitrogens is 3. The van der Waals surface area contributed by atoms with E-state index >= 15 is 0 Å². The van der Waals surface area contributed by atoms with Crippen LogP contribution in [0.25, 0.3) is 0 Å². The molecule has 0 saturated heterocycles. The van der Waals surface area contributed by atoms with Crippen molar-refractivity contribution in [2.75, 3.05) is 11.1 Å². The lowest BCUT2D eigenvalue weighted by molar-refractivity contribution is -0.116. The molecule has 98 valence electrons. The number of amides is 1. The molecule has 8 heteroatoms. The van der Waals surface area contributed by atoms with Gasteiger partial charge in [-0.05, 0) is 6.07 Å². The molecule has 2 rings (SSSR count). The molecular formula is C11H10ClN5O2. The summed E-state index contributed by atoms with van der Waals surface area (Å²) in [4.78, 5) is 30.7. The van der Waals surface area contributed by atoms with Crippen molar-refractivity contribution in [3.8, 4) is 0 Å². The predicted octanol–water partition coefficient (Wildman–Crippen LogP) is 0.513. The van der Waals surface area contributed by atoms with Crippen molar-refractivity contribution in [3.63, 3.8) is 0 Å². The molecule has 0 bridgehead atoms. The highest BCUT2D eigenvalue weighted by molar-refractivity contribution is 6.29. The Bertz CT molecular complexity index is 670. The van der Waals surface area contributed by atoms with Crippen LogP contribution in [0.4, 0.5) is 11.5 Å².